The number of benzene rings is 3. The molecule has 0 aliphatic carbocycles. The number of halogens is 1. The van der Waals surface area contributed by atoms with Crippen LogP contribution >= 0.6 is 11.6 Å². The standard InChI is InChI=1S/C36H39ClN4O6Si/c1-22-33(48(2,3)46)31(18-32(43)39-15-7-11-27(39)21-42)47-36(22)29-17-25(37)13-14-30(29)40(35(36)45)20-23-8-6-10-26(16-23)41-34(44)28-12-5-4-9-24(28)19-38-41/h4-6,8-10,12-14,16-17,19,22,27,31,33,42,46H,7,11,15,18,20-21H2,1-3H3/t22-,27+,31+,33-,36+/m1/s1. The molecule has 4 aromatic rings. The molecule has 48 heavy (non-hydrogen) atoms. The summed E-state index contributed by atoms with van der Waals surface area (Å²) >= 11 is 6.55. The molecule has 2 saturated heterocycles. The van der Waals surface area contributed by atoms with Crippen molar-refractivity contribution in [1.29, 1.82) is 0 Å². The number of ether oxygens (including phenoxy) is 1. The van der Waals surface area contributed by atoms with Crippen LogP contribution in [0.25, 0.3) is 16.5 Å². The van der Waals surface area contributed by atoms with Crippen LogP contribution in [0, 0.1) is 5.92 Å². The van der Waals surface area contributed by atoms with Crippen LogP contribution in [0.4, 0.5) is 5.69 Å². The van der Waals surface area contributed by atoms with E-state index in [0.29, 0.717) is 33.9 Å². The van der Waals surface area contributed by atoms with E-state index in [9.17, 15) is 24.3 Å². The Morgan fingerprint density at radius 3 is 2.67 bits per heavy atom. The largest absolute Gasteiger partial charge is 0.432 e. The average Bonchev–Trinajstić information content (AvgIpc) is 3.72. The highest BCUT2D eigenvalue weighted by molar-refractivity contribution is 6.71. The molecule has 3 aliphatic heterocycles. The molecule has 5 atom stereocenters. The highest BCUT2D eigenvalue weighted by Gasteiger charge is 2.66. The van der Waals surface area contributed by atoms with Gasteiger partial charge in [0.15, 0.2) is 13.9 Å². The Hall–Kier alpha value is -3.87. The van der Waals surface area contributed by atoms with Gasteiger partial charge in [-0.2, -0.15) is 9.78 Å². The number of carbonyl (C=O) groups is 2. The van der Waals surface area contributed by atoms with Gasteiger partial charge in [-0.1, -0.05) is 48.9 Å². The first-order chi connectivity index (χ1) is 22.9. The third-order valence-electron chi connectivity index (χ3n) is 10.4. The Labute approximate surface area is 284 Å². The van der Waals surface area contributed by atoms with Crippen molar-refractivity contribution < 1.29 is 24.2 Å². The van der Waals surface area contributed by atoms with Crippen molar-refractivity contribution in [2.75, 3.05) is 18.1 Å². The molecule has 3 aliphatic rings. The Bertz CT molecular complexity index is 1980. The Morgan fingerprint density at radius 1 is 1.10 bits per heavy atom. The molecule has 10 nitrogen and oxygen atoms in total. The van der Waals surface area contributed by atoms with Gasteiger partial charge in [0.05, 0.1) is 54.7 Å². The van der Waals surface area contributed by atoms with Crippen molar-refractivity contribution >= 4 is 48.2 Å². The lowest BCUT2D eigenvalue weighted by Crippen LogP contribution is -2.46. The van der Waals surface area contributed by atoms with Gasteiger partial charge in [-0.15, -0.1) is 0 Å². The van der Waals surface area contributed by atoms with Crippen LogP contribution in [-0.4, -0.2) is 70.0 Å². The first-order valence-corrected chi connectivity index (χ1v) is 19.8. The van der Waals surface area contributed by atoms with Crippen LogP contribution in [0.2, 0.25) is 23.7 Å². The van der Waals surface area contributed by atoms with Crippen molar-refractivity contribution in [2.24, 2.45) is 5.92 Å². The molecule has 12 heteroatoms. The number of carbonyl (C=O) groups excluding carboxylic acids is 2. The number of hydrogen-bond acceptors (Lipinski definition) is 7. The van der Waals surface area contributed by atoms with Crippen LogP contribution < -0.4 is 10.5 Å². The minimum atomic E-state index is -2.99. The molecule has 0 unspecified atom stereocenters. The summed E-state index contributed by atoms with van der Waals surface area (Å²) in [6, 6.07) is 19.7. The highest BCUT2D eigenvalue weighted by Crippen LogP contribution is 2.60. The second-order valence-electron chi connectivity index (χ2n) is 13.8. The van der Waals surface area contributed by atoms with Crippen molar-refractivity contribution in [3.63, 3.8) is 0 Å². The van der Waals surface area contributed by atoms with Crippen LogP contribution in [0.15, 0.2) is 77.7 Å². The van der Waals surface area contributed by atoms with Crippen molar-refractivity contribution in [1.82, 2.24) is 14.7 Å². The van der Waals surface area contributed by atoms with Gasteiger partial charge in [0.1, 0.15) is 0 Å². The van der Waals surface area contributed by atoms with Crippen LogP contribution in [0.5, 0.6) is 0 Å². The zero-order chi connectivity index (χ0) is 34.0. The predicted octanol–water partition coefficient (Wildman–Crippen LogP) is 4.76. The smallest absolute Gasteiger partial charge is 0.279 e. The monoisotopic (exact) mass is 686 g/mol. The number of hydrogen-bond donors (Lipinski definition) is 2. The zero-order valence-electron chi connectivity index (χ0n) is 27.2. The fourth-order valence-electron chi connectivity index (χ4n) is 8.29. The molecular formula is C36H39ClN4O6Si. The molecule has 1 spiro atoms. The molecule has 0 radical (unpaired) electrons. The summed E-state index contributed by atoms with van der Waals surface area (Å²) in [5.41, 5.74) is 0.475. The fourth-order valence-corrected chi connectivity index (χ4v) is 11.0. The molecular weight excluding hydrogens is 648 g/mol. The van der Waals surface area contributed by atoms with E-state index in [1.54, 1.807) is 40.3 Å². The number of rotatable bonds is 7. The topological polar surface area (TPSA) is 125 Å². The summed E-state index contributed by atoms with van der Waals surface area (Å²) in [5.74, 6) is -0.895. The number of aliphatic hydroxyl groups excluding tert-OH is 1. The molecule has 0 saturated carbocycles. The Balaban J connectivity index is 1.24. The lowest BCUT2D eigenvalue weighted by molar-refractivity contribution is -0.150. The summed E-state index contributed by atoms with van der Waals surface area (Å²) in [5, 5.41) is 16.0. The maximum absolute atomic E-state index is 14.8. The van der Waals surface area contributed by atoms with Gasteiger partial charge in [-0.25, -0.2) is 0 Å². The fraction of sp³-hybridized carbons (Fsp3) is 0.389. The number of nitrogens with zero attached hydrogens (tertiary/aromatic N) is 4. The molecule has 3 aromatic carbocycles. The Kier molecular flexibility index (Phi) is 8.32. The third-order valence-corrected chi connectivity index (χ3v) is 13.2. The molecule has 4 heterocycles. The minimum Gasteiger partial charge on any atom is -0.432 e. The van der Waals surface area contributed by atoms with Crippen LogP contribution in [-0.2, 0) is 26.5 Å². The van der Waals surface area contributed by atoms with Crippen molar-refractivity contribution in [2.45, 2.75) is 69.1 Å². The number of anilines is 1. The SMILES string of the molecule is C[C@@H]1[C@@H]([Si](C)(C)O)[C@H](CC(=O)N2CCC[C@H]2CO)O[C@@]12C(=O)N(Cc1cccc(-n3ncc4ccccc4c3=O)c1)c1ccc(Cl)cc12. The summed E-state index contributed by atoms with van der Waals surface area (Å²) in [6.45, 7) is 6.22. The van der Waals surface area contributed by atoms with E-state index in [4.69, 9.17) is 16.3 Å². The molecule has 1 aromatic heterocycles. The summed E-state index contributed by atoms with van der Waals surface area (Å²) in [7, 11) is -2.99. The van der Waals surface area contributed by atoms with Crippen molar-refractivity contribution in [3.8, 4) is 5.69 Å². The van der Waals surface area contributed by atoms with Gasteiger partial charge in [-0.05, 0) is 67.9 Å². The minimum absolute atomic E-state index is 0.00296. The van der Waals surface area contributed by atoms with Gasteiger partial charge in [0, 0.05) is 34.0 Å². The van der Waals surface area contributed by atoms with E-state index < -0.39 is 31.5 Å². The van der Waals surface area contributed by atoms with E-state index >= 15 is 0 Å². The Morgan fingerprint density at radius 2 is 1.90 bits per heavy atom. The number of aliphatic hydroxyl groups is 1. The van der Waals surface area contributed by atoms with Crippen LogP contribution in [0.1, 0.15) is 37.3 Å². The predicted molar refractivity (Wildman–Crippen MR) is 186 cm³/mol. The van der Waals surface area contributed by atoms with Gasteiger partial charge < -0.3 is 24.4 Å². The van der Waals surface area contributed by atoms with Gasteiger partial charge >= 0.3 is 0 Å². The average molecular weight is 687 g/mol. The molecule has 2 fully saturated rings. The van der Waals surface area contributed by atoms with E-state index in [0.717, 1.165) is 23.8 Å². The lowest BCUT2D eigenvalue weighted by atomic mass is 9.82. The molecule has 7 rings (SSSR count). The number of aromatic nitrogens is 2. The molecule has 2 amide bonds. The van der Waals surface area contributed by atoms with E-state index in [-0.39, 0.29) is 43.0 Å². The molecule has 250 valence electrons. The third kappa shape index (κ3) is 5.28. The van der Waals surface area contributed by atoms with Gasteiger partial charge in [0.25, 0.3) is 11.5 Å². The van der Waals surface area contributed by atoms with E-state index in [1.807, 2.05) is 62.5 Å². The second-order valence-corrected chi connectivity index (χ2v) is 18.2. The van der Waals surface area contributed by atoms with Gasteiger partial charge in [0.2, 0.25) is 5.91 Å². The number of likely N-dealkylation sites (tertiary alicyclic amines) is 1. The van der Waals surface area contributed by atoms with Crippen LogP contribution in [0.3, 0.4) is 0 Å². The number of fused-ring (bicyclic) bond motifs is 3. The normalized spacial score (nSPS) is 25.4. The number of amides is 2. The van der Waals surface area contributed by atoms with E-state index in [2.05, 4.69) is 5.10 Å². The summed E-state index contributed by atoms with van der Waals surface area (Å²) < 4.78 is 8.19. The second kappa shape index (κ2) is 12.2. The lowest BCUT2D eigenvalue weighted by Gasteiger charge is -2.32. The first-order valence-electron chi connectivity index (χ1n) is 16.4. The van der Waals surface area contributed by atoms with Crippen molar-refractivity contribution in [3.05, 3.63) is 99.4 Å². The molecule has 2 N–H and O–H groups in total. The highest BCUT2D eigenvalue weighted by atomic mass is 35.5. The quantitative estimate of drug-likeness (QED) is 0.269. The van der Waals surface area contributed by atoms with Gasteiger partial charge in [-0.3, -0.25) is 14.4 Å². The maximum Gasteiger partial charge on any atom is 0.279 e. The summed E-state index contributed by atoms with van der Waals surface area (Å²) in [4.78, 5) is 56.7. The summed E-state index contributed by atoms with van der Waals surface area (Å²) in [6.07, 6.45) is 2.52. The zero-order valence-corrected chi connectivity index (χ0v) is 28.9. The van der Waals surface area contributed by atoms with E-state index in [1.165, 1.54) is 4.68 Å². The molecule has 0 bridgehead atoms. The maximum atomic E-state index is 14.8. The first kappa shape index (κ1) is 32.7.